The summed E-state index contributed by atoms with van der Waals surface area (Å²) in [6, 6.07) is 10.3. The van der Waals surface area contributed by atoms with Crippen molar-refractivity contribution in [1.29, 1.82) is 0 Å². The van der Waals surface area contributed by atoms with E-state index in [1.807, 2.05) is 11.9 Å². The zero-order valence-electron chi connectivity index (χ0n) is 24.0. The molecule has 0 aliphatic carbocycles. The fraction of sp³-hybridized carbons (Fsp3) is 0.241. The molecule has 2 aromatic heterocycles. The van der Waals surface area contributed by atoms with Crippen LogP contribution in [0.3, 0.4) is 0 Å². The van der Waals surface area contributed by atoms with Gasteiger partial charge in [-0.1, -0.05) is 0 Å². The molecule has 44 heavy (non-hydrogen) atoms. The summed E-state index contributed by atoms with van der Waals surface area (Å²) in [5.41, 5.74) is 20.6. The molecular formula is C29H30N10O5. The molecule has 5 rings (SSSR count). The van der Waals surface area contributed by atoms with Crippen LogP contribution in [-0.4, -0.2) is 75.3 Å². The van der Waals surface area contributed by atoms with Gasteiger partial charge in [-0.25, -0.2) is 14.8 Å². The topological polar surface area (TPSA) is 226 Å². The number of amides is 3. The van der Waals surface area contributed by atoms with Crippen LogP contribution in [0.5, 0.6) is 0 Å². The third kappa shape index (κ3) is 6.01. The molecule has 0 fully saturated rings. The SMILES string of the molecule is COC(=O)[C@H](CCCN1C(=O)c2ccc(N)cc2C1=O)NC(=O)c1ccc(N(C)Cc2cnc3nc(N)nc(N)c3n2)cc1. The lowest BCUT2D eigenvalue weighted by atomic mass is 10.1. The van der Waals surface area contributed by atoms with Crippen molar-refractivity contribution in [2.75, 3.05) is 42.8 Å². The number of methoxy groups -OCH3 is 1. The number of imide groups is 1. The fourth-order valence-corrected chi connectivity index (χ4v) is 4.86. The van der Waals surface area contributed by atoms with E-state index in [0.29, 0.717) is 34.7 Å². The van der Waals surface area contributed by atoms with Crippen LogP contribution in [0.15, 0.2) is 48.7 Å². The maximum atomic E-state index is 13.0. The maximum Gasteiger partial charge on any atom is 0.328 e. The van der Waals surface area contributed by atoms with Gasteiger partial charge >= 0.3 is 5.97 Å². The van der Waals surface area contributed by atoms with Crippen molar-refractivity contribution in [2.45, 2.75) is 25.4 Å². The normalized spacial score (nSPS) is 13.1. The number of ether oxygens (including phenoxy) is 1. The molecule has 0 unspecified atom stereocenters. The van der Waals surface area contributed by atoms with Crippen molar-refractivity contribution < 1.29 is 23.9 Å². The number of anilines is 4. The molecule has 7 N–H and O–H groups in total. The van der Waals surface area contributed by atoms with E-state index < -0.39 is 29.7 Å². The van der Waals surface area contributed by atoms with Crippen LogP contribution in [0.1, 0.15) is 49.6 Å². The monoisotopic (exact) mass is 598 g/mol. The highest BCUT2D eigenvalue weighted by Crippen LogP contribution is 2.25. The van der Waals surface area contributed by atoms with Gasteiger partial charge in [-0.2, -0.15) is 9.97 Å². The van der Waals surface area contributed by atoms with Gasteiger partial charge < -0.3 is 32.2 Å². The third-order valence-electron chi connectivity index (χ3n) is 7.13. The van der Waals surface area contributed by atoms with Crippen molar-refractivity contribution >= 4 is 58.0 Å². The number of nitrogens with two attached hydrogens (primary N) is 3. The van der Waals surface area contributed by atoms with E-state index in [0.717, 1.165) is 10.6 Å². The first kappa shape index (κ1) is 29.6. The van der Waals surface area contributed by atoms with Crippen LogP contribution >= 0.6 is 0 Å². The lowest BCUT2D eigenvalue weighted by Gasteiger charge is -2.20. The van der Waals surface area contributed by atoms with E-state index in [1.165, 1.54) is 19.2 Å². The summed E-state index contributed by atoms with van der Waals surface area (Å²) < 4.78 is 4.87. The van der Waals surface area contributed by atoms with Gasteiger partial charge in [0, 0.05) is 30.5 Å². The number of nitrogens with zero attached hydrogens (tertiary/aromatic N) is 6. The largest absolute Gasteiger partial charge is 0.467 e. The Hall–Kier alpha value is -5.86. The van der Waals surface area contributed by atoms with Gasteiger partial charge in [0.05, 0.1) is 36.7 Å². The second-order valence-electron chi connectivity index (χ2n) is 10.2. The number of nitrogen functional groups attached to an aromatic ring is 3. The third-order valence-corrected chi connectivity index (χ3v) is 7.13. The van der Waals surface area contributed by atoms with Crippen molar-refractivity contribution in [3.8, 4) is 0 Å². The Labute approximate surface area is 251 Å². The zero-order chi connectivity index (χ0) is 31.5. The summed E-state index contributed by atoms with van der Waals surface area (Å²) in [4.78, 5) is 70.6. The van der Waals surface area contributed by atoms with Gasteiger partial charge in [0.1, 0.15) is 6.04 Å². The molecule has 4 aromatic rings. The molecule has 226 valence electrons. The van der Waals surface area contributed by atoms with E-state index >= 15 is 0 Å². The van der Waals surface area contributed by atoms with Gasteiger partial charge in [-0.05, 0) is 55.3 Å². The number of rotatable bonds is 10. The molecule has 0 radical (unpaired) electrons. The average Bonchev–Trinajstić information content (AvgIpc) is 3.24. The summed E-state index contributed by atoms with van der Waals surface area (Å²) in [6.45, 7) is 0.440. The van der Waals surface area contributed by atoms with Crippen LogP contribution in [0, 0.1) is 0 Å². The van der Waals surface area contributed by atoms with Crippen LogP contribution in [0.25, 0.3) is 11.2 Å². The van der Waals surface area contributed by atoms with Crippen molar-refractivity contribution in [1.82, 2.24) is 30.2 Å². The first-order valence-electron chi connectivity index (χ1n) is 13.6. The molecule has 2 aromatic carbocycles. The first-order chi connectivity index (χ1) is 21.0. The van der Waals surface area contributed by atoms with Gasteiger partial charge in [-0.3, -0.25) is 19.3 Å². The predicted molar refractivity (Wildman–Crippen MR) is 161 cm³/mol. The number of hydrogen-bond donors (Lipinski definition) is 4. The number of nitrogens with one attached hydrogen (secondary N) is 1. The van der Waals surface area contributed by atoms with Crippen molar-refractivity contribution in [3.05, 3.63) is 71.0 Å². The highest BCUT2D eigenvalue weighted by Gasteiger charge is 2.35. The molecule has 1 aliphatic heterocycles. The molecule has 15 heteroatoms. The lowest BCUT2D eigenvalue weighted by molar-refractivity contribution is -0.143. The molecule has 3 heterocycles. The summed E-state index contributed by atoms with van der Waals surface area (Å²) in [5, 5.41) is 2.69. The van der Waals surface area contributed by atoms with Gasteiger partial charge in [-0.15, -0.1) is 0 Å². The summed E-state index contributed by atoms with van der Waals surface area (Å²) in [5.74, 6) is -1.85. The fourth-order valence-electron chi connectivity index (χ4n) is 4.86. The number of carbonyl (C=O) groups excluding carboxylic acids is 4. The van der Waals surface area contributed by atoms with Crippen molar-refractivity contribution in [3.63, 3.8) is 0 Å². The van der Waals surface area contributed by atoms with E-state index in [2.05, 4.69) is 25.3 Å². The Balaban J connectivity index is 1.18. The molecule has 0 bridgehead atoms. The zero-order valence-corrected chi connectivity index (χ0v) is 24.0. The molecule has 1 atom stereocenters. The first-order valence-corrected chi connectivity index (χ1v) is 13.6. The number of esters is 1. The Kier molecular flexibility index (Phi) is 8.19. The molecular weight excluding hydrogens is 568 g/mol. The standard InChI is InChI=1S/C29H30N10O5/c1-38(14-17-13-33-24-22(34-17)23(31)36-29(32)37-24)18-8-5-15(6-9-18)25(40)35-21(28(43)44-2)4-3-11-39-26(41)19-10-7-16(30)12-20(19)27(39)42/h5-10,12-13,21H,3-4,11,14,30H2,1-2H3,(H,35,40)(H4,31,32,33,36,37)/t21-/m0/s1. The minimum absolute atomic E-state index is 0.0175. The van der Waals surface area contributed by atoms with E-state index in [4.69, 9.17) is 21.9 Å². The maximum absolute atomic E-state index is 13.0. The average molecular weight is 599 g/mol. The Morgan fingerprint density at radius 1 is 1.00 bits per heavy atom. The second kappa shape index (κ2) is 12.2. The molecule has 1 aliphatic rings. The Morgan fingerprint density at radius 2 is 1.73 bits per heavy atom. The minimum Gasteiger partial charge on any atom is -0.467 e. The van der Waals surface area contributed by atoms with Gasteiger partial charge in [0.25, 0.3) is 17.7 Å². The highest BCUT2D eigenvalue weighted by atomic mass is 16.5. The number of carbonyl (C=O) groups is 4. The minimum atomic E-state index is -0.987. The van der Waals surface area contributed by atoms with Crippen LogP contribution in [-0.2, 0) is 16.1 Å². The quantitative estimate of drug-likeness (QED) is 0.114. The summed E-state index contributed by atoms with van der Waals surface area (Å²) >= 11 is 0. The second-order valence-corrected chi connectivity index (χ2v) is 10.2. The molecule has 0 saturated carbocycles. The molecule has 15 nitrogen and oxygen atoms in total. The number of benzene rings is 2. The van der Waals surface area contributed by atoms with Crippen molar-refractivity contribution in [2.24, 2.45) is 0 Å². The van der Waals surface area contributed by atoms with E-state index in [9.17, 15) is 19.2 Å². The van der Waals surface area contributed by atoms with Gasteiger partial charge in [0.2, 0.25) is 5.95 Å². The molecule has 0 spiro atoms. The summed E-state index contributed by atoms with van der Waals surface area (Å²) in [6.07, 6.45) is 1.97. The van der Waals surface area contributed by atoms with E-state index in [-0.39, 0.29) is 42.3 Å². The van der Waals surface area contributed by atoms with Gasteiger partial charge in [0.15, 0.2) is 17.0 Å². The lowest BCUT2D eigenvalue weighted by Crippen LogP contribution is -2.42. The molecule has 0 saturated heterocycles. The van der Waals surface area contributed by atoms with Crippen LogP contribution in [0.2, 0.25) is 0 Å². The predicted octanol–water partition coefficient (Wildman–Crippen LogP) is 1.15. The molecule has 3 amide bonds. The van der Waals surface area contributed by atoms with E-state index in [1.54, 1.807) is 36.5 Å². The Morgan fingerprint density at radius 3 is 2.45 bits per heavy atom. The number of hydrogen-bond acceptors (Lipinski definition) is 13. The number of fused-ring (bicyclic) bond motifs is 2. The van der Waals surface area contributed by atoms with Crippen LogP contribution in [0.4, 0.5) is 23.1 Å². The summed E-state index contributed by atoms with van der Waals surface area (Å²) in [7, 11) is 3.07. The van der Waals surface area contributed by atoms with Crippen LogP contribution < -0.4 is 27.4 Å². The highest BCUT2D eigenvalue weighted by molar-refractivity contribution is 6.21. The number of aromatic nitrogens is 4. The Bertz CT molecular complexity index is 1780. The smallest absolute Gasteiger partial charge is 0.328 e.